The molecule has 3 nitrogen and oxygen atoms in total. The van der Waals surface area contributed by atoms with Crippen molar-refractivity contribution in [2.75, 3.05) is 0 Å². The second-order valence-electron chi connectivity index (χ2n) is 8.75. The standard InChI is InChI=1S/C32H24N2O/c1-22-15-18-26(19-16-22)34-31(25-11-6-3-7-12-25)30(24-9-4-2-5-10-24)33-32(34)28-14-8-13-23-17-20-27(35)21-29(23)28/h2-21,35H,1H3. The van der Waals surface area contributed by atoms with Gasteiger partial charge in [0.1, 0.15) is 11.6 Å². The zero-order chi connectivity index (χ0) is 23.8. The Balaban J connectivity index is 1.76. The molecule has 0 spiro atoms. The van der Waals surface area contributed by atoms with Crippen molar-refractivity contribution >= 4 is 10.8 Å². The molecule has 35 heavy (non-hydrogen) atoms. The predicted octanol–water partition coefficient (Wildman–Crippen LogP) is 8.04. The van der Waals surface area contributed by atoms with Gasteiger partial charge in [-0.25, -0.2) is 4.98 Å². The second kappa shape index (κ2) is 8.62. The number of aromatic hydroxyl groups is 1. The average molecular weight is 453 g/mol. The molecule has 3 heteroatoms. The molecule has 0 aliphatic rings. The van der Waals surface area contributed by atoms with E-state index in [9.17, 15) is 5.11 Å². The number of hydrogen-bond donors (Lipinski definition) is 1. The predicted molar refractivity (Wildman–Crippen MR) is 144 cm³/mol. The molecule has 0 bridgehead atoms. The molecule has 0 amide bonds. The van der Waals surface area contributed by atoms with Crippen LogP contribution in [0.2, 0.25) is 0 Å². The van der Waals surface area contributed by atoms with Crippen LogP contribution in [0.3, 0.4) is 0 Å². The van der Waals surface area contributed by atoms with Gasteiger partial charge in [-0.1, -0.05) is 103 Å². The smallest absolute Gasteiger partial charge is 0.146 e. The lowest BCUT2D eigenvalue weighted by atomic mass is 10.0. The first kappa shape index (κ1) is 20.9. The second-order valence-corrected chi connectivity index (χ2v) is 8.75. The number of hydrogen-bond acceptors (Lipinski definition) is 2. The van der Waals surface area contributed by atoms with E-state index in [-0.39, 0.29) is 5.75 Å². The normalized spacial score (nSPS) is 11.1. The van der Waals surface area contributed by atoms with Crippen LogP contribution in [0.1, 0.15) is 5.56 Å². The van der Waals surface area contributed by atoms with Crippen LogP contribution in [-0.4, -0.2) is 14.7 Å². The fraction of sp³-hybridized carbons (Fsp3) is 0.0312. The molecule has 0 aliphatic carbocycles. The summed E-state index contributed by atoms with van der Waals surface area (Å²) in [7, 11) is 0. The number of nitrogens with zero attached hydrogens (tertiary/aromatic N) is 2. The molecule has 6 aromatic rings. The van der Waals surface area contributed by atoms with Gasteiger partial charge in [0.2, 0.25) is 0 Å². The Kier molecular flexibility index (Phi) is 5.16. The summed E-state index contributed by atoms with van der Waals surface area (Å²) in [6.45, 7) is 2.10. The summed E-state index contributed by atoms with van der Waals surface area (Å²) in [4.78, 5) is 5.29. The van der Waals surface area contributed by atoms with Gasteiger partial charge in [-0.3, -0.25) is 4.57 Å². The Morgan fingerprint density at radius 1 is 0.657 bits per heavy atom. The van der Waals surface area contributed by atoms with Gasteiger partial charge in [-0.2, -0.15) is 0 Å². The Hall–Kier alpha value is -4.63. The molecule has 0 saturated heterocycles. The fourth-order valence-electron chi connectivity index (χ4n) is 4.66. The summed E-state index contributed by atoms with van der Waals surface area (Å²) in [5.74, 6) is 1.08. The Labute approximate surface area is 204 Å². The van der Waals surface area contributed by atoms with Crippen molar-refractivity contribution in [1.29, 1.82) is 0 Å². The van der Waals surface area contributed by atoms with E-state index in [1.807, 2.05) is 42.5 Å². The van der Waals surface area contributed by atoms with E-state index in [2.05, 4.69) is 84.3 Å². The first-order valence-electron chi connectivity index (χ1n) is 11.7. The Morgan fingerprint density at radius 2 is 1.34 bits per heavy atom. The van der Waals surface area contributed by atoms with Gasteiger partial charge in [0.25, 0.3) is 0 Å². The van der Waals surface area contributed by atoms with E-state index in [1.165, 1.54) is 5.56 Å². The third kappa shape index (κ3) is 3.77. The maximum absolute atomic E-state index is 10.3. The molecule has 0 radical (unpaired) electrons. The van der Waals surface area contributed by atoms with Gasteiger partial charge in [0.15, 0.2) is 0 Å². The third-order valence-corrected chi connectivity index (χ3v) is 6.37. The quantitative estimate of drug-likeness (QED) is 0.294. The van der Waals surface area contributed by atoms with Crippen molar-refractivity contribution in [3.63, 3.8) is 0 Å². The molecule has 6 rings (SSSR count). The Bertz CT molecular complexity index is 1630. The highest BCUT2D eigenvalue weighted by molar-refractivity contribution is 5.98. The van der Waals surface area contributed by atoms with Gasteiger partial charge in [0.05, 0.1) is 11.4 Å². The van der Waals surface area contributed by atoms with E-state index in [1.54, 1.807) is 6.07 Å². The number of fused-ring (bicyclic) bond motifs is 1. The van der Waals surface area contributed by atoms with Gasteiger partial charge in [0, 0.05) is 22.4 Å². The number of phenols is 1. The van der Waals surface area contributed by atoms with Gasteiger partial charge in [-0.15, -0.1) is 0 Å². The van der Waals surface area contributed by atoms with Crippen molar-refractivity contribution in [2.45, 2.75) is 6.92 Å². The molecular weight excluding hydrogens is 428 g/mol. The molecular formula is C32H24N2O. The van der Waals surface area contributed by atoms with Crippen molar-refractivity contribution in [1.82, 2.24) is 9.55 Å². The first-order chi connectivity index (χ1) is 17.2. The van der Waals surface area contributed by atoms with Crippen molar-refractivity contribution < 1.29 is 5.11 Å². The molecule has 168 valence electrons. The van der Waals surface area contributed by atoms with Gasteiger partial charge in [-0.05, 0) is 42.0 Å². The minimum absolute atomic E-state index is 0.241. The van der Waals surface area contributed by atoms with E-state index in [4.69, 9.17) is 4.98 Å². The summed E-state index contributed by atoms with van der Waals surface area (Å²) in [6.07, 6.45) is 0. The molecule has 1 heterocycles. The van der Waals surface area contributed by atoms with Crippen molar-refractivity contribution in [3.05, 3.63) is 127 Å². The summed E-state index contributed by atoms with van der Waals surface area (Å²) >= 11 is 0. The molecule has 0 fully saturated rings. The van der Waals surface area contributed by atoms with Crippen LogP contribution >= 0.6 is 0 Å². The van der Waals surface area contributed by atoms with Crippen LogP contribution in [0.15, 0.2) is 121 Å². The Morgan fingerprint density at radius 3 is 2.06 bits per heavy atom. The van der Waals surface area contributed by atoms with Crippen molar-refractivity contribution in [2.24, 2.45) is 0 Å². The summed E-state index contributed by atoms with van der Waals surface area (Å²) in [6, 6.07) is 41.0. The number of benzene rings is 5. The summed E-state index contributed by atoms with van der Waals surface area (Å²) < 4.78 is 2.25. The molecule has 1 aromatic heterocycles. The zero-order valence-electron chi connectivity index (χ0n) is 19.4. The number of aromatic nitrogens is 2. The largest absolute Gasteiger partial charge is 0.508 e. The molecule has 0 atom stereocenters. The lowest BCUT2D eigenvalue weighted by Crippen LogP contribution is -2.01. The van der Waals surface area contributed by atoms with Crippen molar-refractivity contribution in [3.8, 4) is 45.3 Å². The fourth-order valence-corrected chi connectivity index (χ4v) is 4.66. The number of imidazole rings is 1. The molecule has 0 unspecified atom stereocenters. The van der Waals surface area contributed by atoms with E-state index in [0.717, 1.165) is 50.4 Å². The van der Waals surface area contributed by atoms with E-state index < -0.39 is 0 Å². The maximum atomic E-state index is 10.3. The highest BCUT2D eigenvalue weighted by atomic mass is 16.3. The van der Waals surface area contributed by atoms with Crippen LogP contribution in [0.5, 0.6) is 5.75 Å². The van der Waals surface area contributed by atoms with Gasteiger partial charge >= 0.3 is 0 Å². The minimum atomic E-state index is 0.241. The van der Waals surface area contributed by atoms with Gasteiger partial charge < -0.3 is 5.11 Å². The van der Waals surface area contributed by atoms with E-state index in [0.29, 0.717) is 0 Å². The number of phenolic OH excluding ortho intramolecular Hbond substituents is 1. The highest BCUT2D eigenvalue weighted by Gasteiger charge is 2.23. The SMILES string of the molecule is Cc1ccc(-n2c(-c3cccc4ccc(O)cc34)nc(-c3ccccc3)c2-c2ccccc2)cc1. The molecule has 0 saturated carbocycles. The molecule has 1 N–H and O–H groups in total. The first-order valence-corrected chi connectivity index (χ1v) is 11.7. The molecule has 5 aromatic carbocycles. The van der Waals surface area contributed by atoms with Crippen LogP contribution in [-0.2, 0) is 0 Å². The third-order valence-electron chi connectivity index (χ3n) is 6.37. The summed E-state index contributed by atoms with van der Waals surface area (Å²) in [5.41, 5.74) is 7.32. The topological polar surface area (TPSA) is 38.0 Å². The lowest BCUT2D eigenvalue weighted by Gasteiger charge is -2.15. The monoisotopic (exact) mass is 452 g/mol. The number of rotatable bonds is 4. The van der Waals surface area contributed by atoms with Crippen LogP contribution in [0, 0.1) is 6.92 Å². The van der Waals surface area contributed by atoms with E-state index >= 15 is 0 Å². The van der Waals surface area contributed by atoms with Crippen LogP contribution in [0.4, 0.5) is 0 Å². The summed E-state index contributed by atoms with van der Waals surface area (Å²) in [5, 5.41) is 12.3. The van der Waals surface area contributed by atoms with Crippen LogP contribution < -0.4 is 0 Å². The zero-order valence-corrected chi connectivity index (χ0v) is 19.4. The average Bonchev–Trinajstić information content (AvgIpc) is 3.30. The lowest BCUT2D eigenvalue weighted by molar-refractivity contribution is 0.476. The maximum Gasteiger partial charge on any atom is 0.146 e. The van der Waals surface area contributed by atoms with Crippen LogP contribution in [0.25, 0.3) is 50.4 Å². The number of aryl methyl sites for hydroxylation is 1. The minimum Gasteiger partial charge on any atom is -0.508 e. The molecule has 0 aliphatic heterocycles. The highest BCUT2D eigenvalue weighted by Crippen LogP contribution is 2.40.